The summed E-state index contributed by atoms with van der Waals surface area (Å²) in [5.74, 6) is 0.621. The molecule has 134 valence electrons. The summed E-state index contributed by atoms with van der Waals surface area (Å²) in [5, 5.41) is 2.56. The summed E-state index contributed by atoms with van der Waals surface area (Å²) < 4.78 is 48.6. The van der Waals surface area contributed by atoms with Gasteiger partial charge in [-0.1, -0.05) is 18.2 Å². The summed E-state index contributed by atoms with van der Waals surface area (Å²) in [7, 11) is 1.52. The number of nitrogens with one attached hydrogen (secondary N) is 1. The van der Waals surface area contributed by atoms with Gasteiger partial charge in [0.05, 0.1) is 12.7 Å². The van der Waals surface area contributed by atoms with Crippen molar-refractivity contribution in [3.05, 3.63) is 59.7 Å². The van der Waals surface area contributed by atoms with Crippen LogP contribution in [0.15, 0.2) is 48.5 Å². The van der Waals surface area contributed by atoms with Crippen molar-refractivity contribution >= 4 is 5.91 Å². The molecule has 1 amide bonds. The van der Waals surface area contributed by atoms with Crippen LogP contribution < -0.4 is 14.8 Å². The molecule has 0 heterocycles. The molecule has 1 atom stereocenters. The molecule has 2 aromatic carbocycles. The molecule has 0 bridgehead atoms. The molecule has 0 aromatic heterocycles. The van der Waals surface area contributed by atoms with Crippen LogP contribution in [0.25, 0.3) is 0 Å². The number of amides is 1. The van der Waals surface area contributed by atoms with E-state index in [-0.39, 0.29) is 6.54 Å². The fourth-order valence-corrected chi connectivity index (χ4v) is 2.12. The highest BCUT2D eigenvalue weighted by Crippen LogP contribution is 2.29. The van der Waals surface area contributed by atoms with E-state index in [0.29, 0.717) is 17.1 Å². The van der Waals surface area contributed by atoms with Gasteiger partial charge in [0.2, 0.25) is 0 Å². The van der Waals surface area contributed by atoms with E-state index in [9.17, 15) is 18.0 Å². The molecule has 0 aliphatic carbocycles. The average molecular weight is 353 g/mol. The molecular formula is C18H18F3NO3. The third-order valence-corrected chi connectivity index (χ3v) is 3.44. The van der Waals surface area contributed by atoms with Crippen molar-refractivity contribution < 1.29 is 27.4 Å². The fourth-order valence-electron chi connectivity index (χ4n) is 2.12. The summed E-state index contributed by atoms with van der Waals surface area (Å²) >= 11 is 0. The van der Waals surface area contributed by atoms with Gasteiger partial charge in [-0.25, -0.2) is 0 Å². The Labute approximate surface area is 143 Å². The Kier molecular flexibility index (Phi) is 5.90. The Morgan fingerprint density at radius 2 is 1.80 bits per heavy atom. The third kappa shape index (κ3) is 5.41. The molecule has 0 aliphatic heterocycles. The SMILES string of the molecule is COc1cccc(OC(C)C(=O)NCc2cccc(C(F)(F)F)c2)c1. The van der Waals surface area contributed by atoms with E-state index < -0.39 is 23.8 Å². The number of rotatable bonds is 6. The first-order valence-corrected chi connectivity index (χ1v) is 7.54. The minimum atomic E-state index is -4.41. The lowest BCUT2D eigenvalue weighted by Crippen LogP contribution is -2.35. The summed E-state index contributed by atoms with van der Waals surface area (Å²) in [6.07, 6.45) is -5.22. The van der Waals surface area contributed by atoms with Crippen molar-refractivity contribution in [3.8, 4) is 11.5 Å². The van der Waals surface area contributed by atoms with E-state index in [1.807, 2.05) is 0 Å². The van der Waals surface area contributed by atoms with Gasteiger partial charge >= 0.3 is 6.18 Å². The van der Waals surface area contributed by atoms with Gasteiger partial charge < -0.3 is 14.8 Å². The minimum Gasteiger partial charge on any atom is -0.497 e. The van der Waals surface area contributed by atoms with Gasteiger partial charge in [0.1, 0.15) is 11.5 Å². The maximum absolute atomic E-state index is 12.7. The number of hydrogen-bond donors (Lipinski definition) is 1. The maximum atomic E-state index is 12.7. The minimum absolute atomic E-state index is 0.0193. The molecule has 0 saturated heterocycles. The smallest absolute Gasteiger partial charge is 0.416 e. The van der Waals surface area contributed by atoms with E-state index in [2.05, 4.69) is 5.32 Å². The Bertz CT molecular complexity index is 732. The van der Waals surface area contributed by atoms with Gasteiger partial charge in [-0.2, -0.15) is 13.2 Å². The molecule has 0 saturated carbocycles. The van der Waals surface area contributed by atoms with Crippen LogP contribution >= 0.6 is 0 Å². The Morgan fingerprint density at radius 1 is 1.12 bits per heavy atom. The van der Waals surface area contributed by atoms with Crippen LogP contribution in [0.3, 0.4) is 0 Å². The normalized spacial score (nSPS) is 12.4. The number of halogens is 3. The molecule has 0 radical (unpaired) electrons. The van der Waals surface area contributed by atoms with Crippen molar-refractivity contribution in [2.75, 3.05) is 7.11 Å². The van der Waals surface area contributed by atoms with Gasteiger partial charge in [-0.15, -0.1) is 0 Å². The van der Waals surface area contributed by atoms with Gasteiger partial charge in [0.15, 0.2) is 6.10 Å². The lowest BCUT2D eigenvalue weighted by Gasteiger charge is -2.15. The van der Waals surface area contributed by atoms with Crippen LogP contribution in [0.1, 0.15) is 18.1 Å². The first kappa shape index (κ1) is 18.6. The molecule has 25 heavy (non-hydrogen) atoms. The second-order valence-electron chi connectivity index (χ2n) is 5.36. The highest BCUT2D eigenvalue weighted by Gasteiger charge is 2.30. The van der Waals surface area contributed by atoms with Gasteiger partial charge in [-0.3, -0.25) is 4.79 Å². The Morgan fingerprint density at radius 3 is 2.48 bits per heavy atom. The lowest BCUT2D eigenvalue weighted by molar-refractivity contribution is -0.137. The maximum Gasteiger partial charge on any atom is 0.416 e. The molecule has 1 unspecified atom stereocenters. The topological polar surface area (TPSA) is 47.6 Å². The van der Waals surface area contributed by atoms with E-state index >= 15 is 0 Å². The lowest BCUT2D eigenvalue weighted by atomic mass is 10.1. The average Bonchev–Trinajstić information content (AvgIpc) is 2.59. The van der Waals surface area contributed by atoms with Crippen molar-refractivity contribution in [1.29, 1.82) is 0 Å². The molecule has 0 spiro atoms. The fraction of sp³-hybridized carbons (Fsp3) is 0.278. The van der Waals surface area contributed by atoms with Crippen LogP contribution in [-0.2, 0) is 17.5 Å². The van der Waals surface area contributed by atoms with E-state index in [0.717, 1.165) is 12.1 Å². The molecule has 7 heteroatoms. The van der Waals surface area contributed by atoms with E-state index in [1.165, 1.54) is 19.2 Å². The molecule has 2 rings (SSSR count). The predicted molar refractivity (Wildman–Crippen MR) is 86.4 cm³/mol. The third-order valence-electron chi connectivity index (χ3n) is 3.44. The second kappa shape index (κ2) is 7.92. The summed E-state index contributed by atoms with van der Waals surface area (Å²) in [6.45, 7) is 1.54. The second-order valence-corrected chi connectivity index (χ2v) is 5.36. The zero-order valence-electron chi connectivity index (χ0n) is 13.8. The summed E-state index contributed by atoms with van der Waals surface area (Å²) in [6, 6.07) is 11.6. The number of benzene rings is 2. The molecule has 2 aromatic rings. The van der Waals surface area contributed by atoms with E-state index in [1.54, 1.807) is 31.2 Å². The number of alkyl halides is 3. The molecule has 0 fully saturated rings. The molecular weight excluding hydrogens is 335 g/mol. The summed E-state index contributed by atoms with van der Waals surface area (Å²) in [4.78, 5) is 12.1. The Hall–Kier alpha value is -2.70. The molecule has 0 aliphatic rings. The highest BCUT2D eigenvalue weighted by atomic mass is 19.4. The van der Waals surface area contributed by atoms with Crippen molar-refractivity contribution in [1.82, 2.24) is 5.32 Å². The molecule has 4 nitrogen and oxygen atoms in total. The number of methoxy groups -OCH3 is 1. The molecule has 1 N–H and O–H groups in total. The zero-order chi connectivity index (χ0) is 18.4. The highest BCUT2D eigenvalue weighted by molar-refractivity contribution is 5.80. The quantitative estimate of drug-likeness (QED) is 0.859. The Balaban J connectivity index is 1.93. The number of ether oxygens (including phenoxy) is 2. The largest absolute Gasteiger partial charge is 0.497 e. The van der Waals surface area contributed by atoms with Crippen LogP contribution in [0.2, 0.25) is 0 Å². The van der Waals surface area contributed by atoms with Gasteiger partial charge in [0.25, 0.3) is 5.91 Å². The van der Waals surface area contributed by atoms with Crippen molar-refractivity contribution in [2.45, 2.75) is 25.7 Å². The monoisotopic (exact) mass is 353 g/mol. The van der Waals surface area contributed by atoms with Gasteiger partial charge in [-0.05, 0) is 36.8 Å². The standard InChI is InChI=1S/C18H18F3NO3/c1-12(25-16-8-4-7-15(10-16)24-2)17(23)22-11-13-5-3-6-14(9-13)18(19,20)21/h3-10,12H,11H2,1-2H3,(H,22,23). The number of carbonyl (C=O) groups excluding carboxylic acids is 1. The first-order chi connectivity index (χ1) is 11.8. The van der Waals surface area contributed by atoms with Crippen LogP contribution in [-0.4, -0.2) is 19.1 Å². The predicted octanol–water partition coefficient (Wildman–Crippen LogP) is 3.80. The van der Waals surface area contributed by atoms with Crippen LogP contribution in [0, 0.1) is 0 Å². The number of hydrogen-bond acceptors (Lipinski definition) is 3. The zero-order valence-corrected chi connectivity index (χ0v) is 13.8. The summed E-state index contributed by atoms with van der Waals surface area (Å²) in [5.41, 5.74) is -0.392. The number of carbonyl (C=O) groups is 1. The van der Waals surface area contributed by atoms with Crippen molar-refractivity contribution in [3.63, 3.8) is 0 Å². The van der Waals surface area contributed by atoms with Crippen LogP contribution in [0.5, 0.6) is 11.5 Å². The van der Waals surface area contributed by atoms with E-state index in [4.69, 9.17) is 9.47 Å². The first-order valence-electron chi connectivity index (χ1n) is 7.54. The van der Waals surface area contributed by atoms with Crippen LogP contribution in [0.4, 0.5) is 13.2 Å². The van der Waals surface area contributed by atoms with Crippen molar-refractivity contribution in [2.24, 2.45) is 0 Å². The van der Waals surface area contributed by atoms with Gasteiger partial charge in [0, 0.05) is 12.6 Å².